The van der Waals surface area contributed by atoms with Gasteiger partial charge in [-0.3, -0.25) is 9.20 Å². The number of hydrogen-bond donors (Lipinski definition) is 0. The van der Waals surface area contributed by atoms with Crippen LogP contribution in [-0.4, -0.2) is 20.9 Å². The molecule has 0 atom stereocenters. The third-order valence-electron chi connectivity index (χ3n) is 5.42. The first-order chi connectivity index (χ1) is 15.5. The minimum Gasteiger partial charge on any atom is -0.297 e. The lowest BCUT2D eigenvalue weighted by Crippen LogP contribution is -1.98. The molecule has 0 spiro atoms. The van der Waals surface area contributed by atoms with Crippen LogP contribution in [0.25, 0.3) is 16.7 Å². The summed E-state index contributed by atoms with van der Waals surface area (Å²) in [6, 6.07) is 19.7. The molecule has 0 saturated heterocycles. The number of benzene rings is 2. The van der Waals surface area contributed by atoms with Crippen LogP contribution in [0.15, 0.2) is 71.1 Å². The molecule has 0 aliphatic rings. The molecule has 2 aromatic carbocycles. The van der Waals surface area contributed by atoms with E-state index in [0.29, 0.717) is 15.5 Å². The Morgan fingerprint density at radius 1 is 1.09 bits per heavy atom. The third kappa shape index (κ3) is 3.96. The van der Waals surface area contributed by atoms with Crippen LogP contribution in [0.3, 0.4) is 0 Å². The van der Waals surface area contributed by atoms with E-state index < -0.39 is 0 Å². The molecule has 0 fully saturated rings. The van der Waals surface area contributed by atoms with E-state index >= 15 is 0 Å². The van der Waals surface area contributed by atoms with E-state index in [1.807, 2.05) is 6.07 Å². The van der Waals surface area contributed by atoms with E-state index in [1.165, 1.54) is 11.1 Å². The van der Waals surface area contributed by atoms with E-state index in [0.717, 1.165) is 38.6 Å². The molecule has 0 aliphatic heterocycles. The Balaban J connectivity index is 1.60. The molecule has 3 nitrogen and oxygen atoms in total. The summed E-state index contributed by atoms with van der Waals surface area (Å²) in [5.74, 6) is 0.927. The van der Waals surface area contributed by atoms with E-state index in [-0.39, 0.29) is 5.78 Å². The van der Waals surface area contributed by atoms with Gasteiger partial charge in [0, 0.05) is 22.5 Å². The molecule has 0 radical (unpaired) electrons. The fraction of sp³-hybridized carbons (Fsp3) is 0.154. The Kier molecular flexibility index (Phi) is 5.80. The zero-order valence-electron chi connectivity index (χ0n) is 17.8. The van der Waals surface area contributed by atoms with Gasteiger partial charge in [-0.15, -0.1) is 23.1 Å². The van der Waals surface area contributed by atoms with Crippen LogP contribution >= 0.6 is 34.7 Å². The number of aryl methyl sites for hydroxylation is 3. The van der Waals surface area contributed by atoms with Gasteiger partial charge in [-0.2, -0.15) is 0 Å². The summed E-state index contributed by atoms with van der Waals surface area (Å²) < 4.78 is 3.28. The second-order valence-electron chi connectivity index (χ2n) is 7.84. The molecule has 5 aromatic rings. The molecule has 0 amide bonds. The number of thiophene rings is 1. The van der Waals surface area contributed by atoms with Gasteiger partial charge in [0.1, 0.15) is 16.0 Å². The molecular weight excluding hydrogens is 456 g/mol. The third-order valence-corrected chi connectivity index (χ3v) is 8.10. The summed E-state index contributed by atoms with van der Waals surface area (Å²) in [6.45, 7) is 4.16. The Morgan fingerprint density at radius 2 is 1.84 bits per heavy atom. The summed E-state index contributed by atoms with van der Waals surface area (Å²) in [7, 11) is 0. The Bertz CT molecular complexity index is 1440. The molecule has 3 aromatic heterocycles. The molecule has 32 heavy (non-hydrogen) atoms. The summed E-state index contributed by atoms with van der Waals surface area (Å²) in [5, 5.41) is 0.619. The molecule has 0 unspecified atom stereocenters. The van der Waals surface area contributed by atoms with Crippen LogP contribution < -0.4 is 0 Å². The predicted octanol–water partition coefficient (Wildman–Crippen LogP) is 7.39. The normalized spacial score (nSPS) is 11.5. The molecule has 0 bridgehead atoms. The molecule has 3 heterocycles. The number of fused-ring (bicyclic) bond motifs is 3. The minimum absolute atomic E-state index is 0.00985. The van der Waals surface area contributed by atoms with Crippen molar-refractivity contribution in [3.05, 3.63) is 99.0 Å². The fourth-order valence-corrected chi connectivity index (χ4v) is 6.56. The summed E-state index contributed by atoms with van der Waals surface area (Å²) in [5.41, 5.74) is 6.95. The predicted molar refractivity (Wildman–Crippen MR) is 136 cm³/mol. The van der Waals surface area contributed by atoms with Gasteiger partial charge < -0.3 is 0 Å². The maximum absolute atomic E-state index is 13.4. The van der Waals surface area contributed by atoms with Crippen molar-refractivity contribution < 1.29 is 4.79 Å². The zero-order valence-corrected chi connectivity index (χ0v) is 20.2. The maximum Gasteiger partial charge on any atom is 0.205 e. The van der Waals surface area contributed by atoms with E-state index in [1.54, 1.807) is 47.4 Å². The van der Waals surface area contributed by atoms with Crippen LogP contribution in [0.4, 0.5) is 0 Å². The van der Waals surface area contributed by atoms with E-state index in [9.17, 15) is 4.79 Å². The molecule has 5 rings (SSSR count). The average Bonchev–Trinajstić information content (AvgIpc) is 3.33. The lowest BCUT2D eigenvalue weighted by molar-refractivity contribution is 0.104. The first kappa shape index (κ1) is 21.3. The Labute approximate surface area is 200 Å². The first-order valence-electron chi connectivity index (χ1n) is 10.4. The SMILES string of the molecule is Cc1cc(C)c2nc3c(C(=O)c4ccc(Cl)cc4)sc(SCCc4ccccc4)c3n2c1. The monoisotopic (exact) mass is 476 g/mol. The number of carbonyl (C=O) groups is 1. The number of ketones is 1. The van der Waals surface area contributed by atoms with Crippen LogP contribution in [0.2, 0.25) is 5.02 Å². The number of aromatic nitrogens is 2. The molecule has 0 saturated carbocycles. The average molecular weight is 477 g/mol. The lowest BCUT2D eigenvalue weighted by Gasteiger charge is -2.04. The number of halogens is 1. The van der Waals surface area contributed by atoms with Crippen molar-refractivity contribution in [3.8, 4) is 0 Å². The highest BCUT2D eigenvalue weighted by molar-refractivity contribution is 8.01. The van der Waals surface area contributed by atoms with Gasteiger partial charge in [0.25, 0.3) is 0 Å². The summed E-state index contributed by atoms with van der Waals surface area (Å²) in [4.78, 5) is 19.0. The maximum atomic E-state index is 13.4. The molecule has 6 heteroatoms. The van der Waals surface area contributed by atoms with Crippen molar-refractivity contribution in [1.82, 2.24) is 9.38 Å². The van der Waals surface area contributed by atoms with Gasteiger partial charge in [0.2, 0.25) is 5.78 Å². The number of nitrogens with zero attached hydrogens (tertiary/aromatic N) is 2. The highest BCUT2D eigenvalue weighted by Crippen LogP contribution is 2.40. The minimum atomic E-state index is -0.00985. The Morgan fingerprint density at radius 3 is 2.59 bits per heavy atom. The zero-order chi connectivity index (χ0) is 22.2. The van der Waals surface area contributed by atoms with Gasteiger partial charge >= 0.3 is 0 Å². The lowest BCUT2D eigenvalue weighted by atomic mass is 10.1. The number of imidazole rings is 1. The largest absolute Gasteiger partial charge is 0.297 e. The Hall–Kier alpha value is -2.60. The molecular formula is C26H21ClN2OS2. The van der Waals surface area contributed by atoms with Gasteiger partial charge in [-0.25, -0.2) is 4.98 Å². The van der Waals surface area contributed by atoms with Crippen molar-refractivity contribution in [2.75, 3.05) is 5.75 Å². The number of rotatable bonds is 6. The highest BCUT2D eigenvalue weighted by Gasteiger charge is 2.24. The van der Waals surface area contributed by atoms with Gasteiger partial charge in [-0.05, 0) is 61.2 Å². The fourth-order valence-electron chi connectivity index (χ4n) is 3.92. The van der Waals surface area contributed by atoms with E-state index in [4.69, 9.17) is 16.6 Å². The highest BCUT2D eigenvalue weighted by atomic mass is 35.5. The van der Waals surface area contributed by atoms with E-state index in [2.05, 4.69) is 54.8 Å². The van der Waals surface area contributed by atoms with Crippen LogP contribution in [0.1, 0.15) is 31.9 Å². The van der Waals surface area contributed by atoms with Crippen LogP contribution in [-0.2, 0) is 6.42 Å². The molecule has 0 N–H and O–H groups in total. The summed E-state index contributed by atoms with van der Waals surface area (Å²) in [6.07, 6.45) is 3.09. The van der Waals surface area contributed by atoms with Crippen molar-refractivity contribution >= 4 is 57.2 Å². The summed E-state index contributed by atoms with van der Waals surface area (Å²) >= 11 is 9.37. The molecule has 0 aliphatic carbocycles. The van der Waals surface area contributed by atoms with Crippen LogP contribution in [0, 0.1) is 13.8 Å². The smallest absolute Gasteiger partial charge is 0.205 e. The standard InChI is InChI=1S/C26H21ClN2OS2/c1-16-14-17(2)25-28-21-22(29(25)15-16)26(31-13-12-18-6-4-3-5-7-18)32-24(21)23(30)19-8-10-20(27)11-9-19/h3-11,14-15H,12-13H2,1-2H3. The van der Waals surface area contributed by atoms with Crippen LogP contribution in [0.5, 0.6) is 0 Å². The van der Waals surface area contributed by atoms with Crippen molar-refractivity contribution in [3.63, 3.8) is 0 Å². The van der Waals surface area contributed by atoms with Gasteiger partial charge in [0.15, 0.2) is 0 Å². The second kappa shape index (κ2) is 8.74. The second-order valence-corrected chi connectivity index (χ2v) is 10.7. The number of carbonyl (C=O) groups excluding carboxylic acids is 1. The van der Waals surface area contributed by atoms with Gasteiger partial charge in [-0.1, -0.05) is 48.0 Å². The number of pyridine rings is 1. The van der Waals surface area contributed by atoms with Crippen molar-refractivity contribution in [2.45, 2.75) is 24.5 Å². The quantitative estimate of drug-likeness (QED) is 0.189. The van der Waals surface area contributed by atoms with Crippen molar-refractivity contribution in [2.24, 2.45) is 0 Å². The van der Waals surface area contributed by atoms with Gasteiger partial charge in [0.05, 0.1) is 9.73 Å². The number of thioether (sulfide) groups is 1. The topological polar surface area (TPSA) is 34.4 Å². The first-order valence-corrected chi connectivity index (χ1v) is 12.6. The molecule has 160 valence electrons. The van der Waals surface area contributed by atoms with Crippen molar-refractivity contribution in [1.29, 1.82) is 0 Å². The number of hydrogen-bond acceptors (Lipinski definition) is 4.